The number of hydrogen-bond acceptors (Lipinski definition) is 4. The molecule has 1 unspecified atom stereocenters. The Bertz CT molecular complexity index is 367. The molecule has 19 heavy (non-hydrogen) atoms. The zero-order chi connectivity index (χ0) is 13.5. The van der Waals surface area contributed by atoms with E-state index >= 15 is 0 Å². The third kappa shape index (κ3) is 4.40. The molecule has 0 bridgehead atoms. The molecule has 0 saturated carbocycles. The topological polar surface area (TPSA) is 58.7 Å². The highest BCUT2D eigenvalue weighted by molar-refractivity contribution is 5.41. The molecule has 4 heteroatoms. The highest BCUT2D eigenvalue weighted by atomic mass is 16.5. The van der Waals surface area contributed by atoms with Crippen LogP contribution < -0.4 is 10.5 Å². The van der Waals surface area contributed by atoms with Gasteiger partial charge in [0, 0.05) is 18.3 Å². The lowest BCUT2D eigenvalue weighted by Gasteiger charge is -2.34. The summed E-state index contributed by atoms with van der Waals surface area (Å²) >= 11 is 0. The van der Waals surface area contributed by atoms with Gasteiger partial charge in [-0.2, -0.15) is 0 Å². The maximum Gasteiger partial charge on any atom is 0.119 e. The first kappa shape index (κ1) is 14.2. The Morgan fingerprint density at radius 1 is 1.26 bits per heavy atom. The number of nitrogen functional groups attached to an aromatic ring is 1. The summed E-state index contributed by atoms with van der Waals surface area (Å²) in [5, 5.41) is 9.34. The first-order chi connectivity index (χ1) is 9.29. The molecule has 1 fully saturated rings. The number of nitrogens with zero attached hydrogens (tertiary/aromatic N) is 1. The highest BCUT2D eigenvalue weighted by Gasteiger charge is 2.20. The van der Waals surface area contributed by atoms with Crippen LogP contribution in [0, 0.1) is 0 Å². The first-order valence-electron chi connectivity index (χ1n) is 7.13. The molecule has 1 aliphatic rings. The molecule has 0 spiro atoms. The summed E-state index contributed by atoms with van der Waals surface area (Å²) < 4.78 is 5.68. The summed E-state index contributed by atoms with van der Waals surface area (Å²) in [6, 6.07) is 7.84. The smallest absolute Gasteiger partial charge is 0.119 e. The molecule has 1 aromatic rings. The van der Waals surface area contributed by atoms with Crippen molar-refractivity contribution < 1.29 is 9.84 Å². The maximum absolute atomic E-state index is 9.34. The first-order valence-corrected chi connectivity index (χ1v) is 7.13. The van der Waals surface area contributed by atoms with E-state index in [2.05, 4.69) is 4.90 Å². The number of nitrogens with two attached hydrogens (primary N) is 1. The van der Waals surface area contributed by atoms with Crippen LogP contribution >= 0.6 is 0 Å². The lowest BCUT2D eigenvalue weighted by Crippen LogP contribution is -2.42. The third-order valence-corrected chi connectivity index (χ3v) is 3.70. The van der Waals surface area contributed by atoms with E-state index in [1.165, 1.54) is 12.8 Å². The summed E-state index contributed by atoms with van der Waals surface area (Å²) in [5.74, 6) is 0.867. The van der Waals surface area contributed by atoms with Crippen molar-refractivity contribution in [3.8, 4) is 5.75 Å². The molecule has 3 N–H and O–H groups in total. The van der Waals surface area contributed by atoms with Crippen molar-refractivity contribution >= 4 is 5.69 Å². The number of aliphatic hydroxyl groups excluding tert-OH is 1. The van der Waals surface area contributed by atoms with Gasteiger partial charge in [-0.25, -0.2) is 0 Å². The largest absolute Gasteiger partial charge is 0.494 e. The van der Waals surface area contributed by atoms with E-state index in [-0.39, 0.29) is 6.61 Å². The molecule has 1 heterocycles. The van der Waals surface area contributed by atoms with Crippen LogP contribution in [0.3, 0.4) is 0 Å². The van der Waals surface area contributed by atoms with Crippen molar-refractivity contribution in [2.75, 3.05) is 32.0 Å². The fourth-order valence-corrected chi connectivity index (χ4v) is 2.58. The van der Waals surface area contributed by atoms with Gasteiger partial charge in [0.25, 0.3) is 0 Å². The Kier molecular flexibility index (Phi) is 5.48. The van der Waals surface area contributed by atoms with Gasteiger partial charge in [-0.15, -0.1) is 0 Å². The van der Waals surface area contributed by atoms with Crippen molar-refractivity contribution in [3.05, 3.63) is 24.3 Å². The van der Waals surface area contributed by atoms with Gasteiger partial charge in [-0.1, -0.05) is 6.42 Å². The predicted octanol–water partition coefficient (Wildman–Crippen LogP) is 1.88. The summed E-state index contributed by atoms with van der Waals surface area (Å²) in [5.41, 5.74) is 6.38. The number of hydrogen-bond donors (Lipinski definition) is 2. The van der Waals surface area contributed by atoms with E-state index in [9.17, 15) is 5.11 Å². The minimum atomic E-state index is 0.277. The number of rotatable bonds is 6. The second kappa shape index (κ2) is 7.36. The van der Waals surface area contributed by atoms with Gasteiger partial charge >= 0.3 is 0 Å². The molecule has 0 amide bonds. The third-order valence-electron chi connectivity index (χ3n) is 3.70. The van der Waals surface area contributed by atoms with Gasteiger partial charge in [-0.3, -0.25) is 4.90 Å². The van der Waals surface area contributed by atoms with Gasteiger partial charge in [0.15, 0.2) is 0 Å². The molecular weight excluding hydrogens is 240 g/mol. The Hall–Kier alpha value is -1.26. The second-order valence-corrected chi connectivity index (χ2v) is 5.14. The quantitative estimate of drug-likeness (QED) is 0.608. The molecule has 1 saturated heterocycles. The van der Waals surface area contributed by atoms with E-state index in [0.717, 1.165) is 37.4 Å². The van der Waals surface area contributed by atoms with Crippen LogP contribution in [0.15, 0.2) is 24.3 Å². The number of piperidine rings is 1. The van der Waals surface area contributed by atoms with E-state index in [1.807, 2.05) is 24.3 Å². The fourth-order valence-electron chi connectivity index (χ4n) is 2.58. The second-order valence-electron chi connectivity index (χ2n) is 5.14. The number of likely N-dealkylation sites (tertiary alicyclic amines) is 1. The number of ether oxygens (including phenoxy) is 1. The summed E-state index contributed by atoms with van der Waals surface area (Å²) in [6.45, 7) is 3.09. The van der Waals surface area contributed by atoms with Crippen molar-refractivity contribution in [2.45, 2.75) is 31.7 Å². The van der Waals surface area contributed by atoms with E-state index in [1.54, 1.807) is 0 Å². The summed E-state index contributed by atoms with van der Waals surface area (Å²) in [6.07, 6.45) is 4.59. The Morgan fingerprint density at radius 2 is 2.05 bits per heavy atom. The molecule has 0 aliphatic carbocycles. The predicted molar refractivity (Wildman–Crippen MR) is 77.3 cm³/mol. The molecule has 0 radical (unpaired) electrons. The zero-order valence-corrected chi connectivity index (χ0v) is 11.4. The molecule has 1 atom stereocenters. The lowest BCUT2D eigenvalue weighted by atomic mass is 10.0. The van der Waals surface area contributed by atoms with E-state index in [0.29, 0.717) is 12.6 Å². The number of aliphatic hydroxyl groups is 1. The van der Waals surface area contributed by atoms with Crippen LogP contribution in [0.2, 0.25) is 0 Å². The molecule has 0 aromatic heterocycles. The minimum absolute atomic E-state index is 0.277. The molecule has 106 valence electrons. The Labute approximate surface area is 115 Å². The van der Waals surface area contributed by atoms with Crippen LogP contribution in [0.4, 0.5) is 5.69 Å². The van der Waals surface area contributed by atoms with Gasteiger partial charge in [-0.05, 0) is 50.1 Å². The van der Waals surface area contributed by atoms with Crippen LogP contribution in [0.5, 0.6) is 5.75 Å². The average molecular weight is 264 g/mol. The lowest BCUT2D eigenvalue weighted by molar-refractivity contribution is 0.0851. The Balaban J connectivity index is 1.67. The summed E-state index contributed by atoms with van der Waals surface area (Å²) in [4.78, 5) is 2.38. The van der Waals surface area contributed by atoms with Gasteiger partial charge in [0.2, 0.25) is 0 Å². The zero-order valence-electron chi connectivity index (χ0n) is 11.4. The van der Waals surface area contributed by atoms with E-state index < -0.39 is 0 Å². The standard InChI is InChI=1S/C15H24N2O2/c16-13-5-7-15(8-6-13)19-11-3-10-17-9-2-1-4-14(17)12-18/h5-8,14,18H,1-4,9-12,16H2. The monoisotopic (exact) mass is 264 g/mol. The molecule has 1 aromatic carbocycles. The minimum Gasteiger partial charge on any atom is -0.494 e. The normalized spacial score (nSPS) is 20.4. The Morgan fingerprint density at radius 3 is 2.79 bits per heavy atom. The van der Waals surface area contributed by atoms with Crippen LogP contribution in [-0.4, -0.2) is 42.4 Å². The van der Waals surface area contributed by atoms with Gasteiger partial charge < -0.3 is 15.6 Å². The maximum atomic E-state index is 9.34. The number of anilines is 1. The van der Waals surface area contributed by atoms with Crippen molar-refractivity contribution in [1.82, 2.24) is 4.90 Å². The van der Waals surface area contributed by atoms with Crippen molar-refractivity contribution in [3.63, 3.8) is 0 Å². The molecular formula is C15H24N2O2. The van der Waals surface area contributed by atoms with Crippen molar-refractivity contribution in [2.24, 2.45) is 0 Å². The van der Waals surface area contributed by atoms with Crippen LogP contribution in [0.1, 0.15) is 25.7 Å². The van der Waals surface area contributed by atoms with Crippen molar-refractivity contribution in [1.29, 1.82) is 0 Å². The summed E-state index contributed by atoms with van der Waals surface area (Å²) in [7, 11) is 0. The SMILES string of the molecule is Nc1ccc(OCCCN2CCCCC2CO)cc1. The molecule has 4 nitrogen and oxygen atoms in total. The molecule has 1 aliphatic heterocycles. The van der Waals surface area contributed by atoms with Crippen LogP contribution in [0.25, 0.3) is 0 Å². The highest BCUT2D eigenvalue weighted by Crippen LogP contribution is 2.17. The number of benzene rings is 1. The fraction of sp³-hybridized carbons (Fsp3) is 0.600. The van der Waals surface area contributed by atoms with E-state index in [4.69, 9.17) is 10.5 Å². The average Bonchev–Trinajstić information content (AvgIpc) is 2.46. The molecule has 2 rings (SSSR count). The van der Waals surface area contributed by atoms with Gasteiger partial charge in [0.1, 0.15) is 5.75 Å². The van der Waals surface area contributed by atoms with Gasteiger partial charge in [0.05, 0.1) is 13.2 Å². The van der Waals surface area contributed by atoms with Crippen LogP contribution in [-0.2, 0) is 0 Å².